The van der Waals surface area contributed by atoms with Gasteiger partial charge in [-0.25, -0.2) is 4.79 Å². The maximum Gasteiger partial charge on any atom is 0.410 e. The number of hydrogen-bond donors (Lipinski definition) is 1. The first kappa shape index (κ1) is 16.1. The van der Waals surface area contributed by atoms with E-state index in [0.717, 1.165) is 12.8 Å². The van der Waals surface area contributed by atoms with Crippen molar-refractivity contribution in [3.8, 4) is 0 Å². The fourth-order valence-corrected chi connectivity index (χ4v) is 3.03. The Morgan fingerprint density at radius 1 is 1.29 bits per heavy atom. The molecule has 0 saturated carbocycles. The lowest BCUT2D eigenvalue weighted by atomic mass is 9.88. The van der Waals surface area contributed by atoms with E-state index < -0.39 is 17.5 Å². The van der Waals surface area contributed by atoms with Gasteiger partial charge < -0.3 is 19.5 Å². The average molecular weight is 299 g/mol. The van der Waals surface area contributed by atoms with Crippen molar-refractivity contribution in [1.29, 1.82) is 0 Å². The molecule has 2 aliphatic rings. The van der Waals surface area contributed by atoms with Crippen molar-refractivity contribution < 1.29 is 24.2 Å². The molecule has 1 amide bonds. The molecular formula is C15H25NO5. The molecule has 0 radical (unpaired) electrons. The Balaban J connectivity index is 1.94. The molecule has 2 aliphatic heterocycles. The molecule has 0 aromatic carbocycles. The molecule has 0 aromatic heterocycles. The number of rotatable bonds is 1. The predicted molar refractivity (Wildman–Crippen MR) is 76.1 cm³/mol. The summed E-state index contributed by atoms with van der Waals surface area (Å²) in [6.45, 7) is 7.02. The van der Waals surface area contributed by atoms with Crippen LogP contribution < -0.4 is 0 Å². The summed E-state index contributed by atoms with van der Waals surface area (Å²) in [7, 11) is 0. The monoisotopic (exact) mass is 299 g/mol. The van der Waals surface area contributed by atoms with E-state index in [1.807, 2.05) is 20.8 Å². The van der Waals surface area contributed by atoms with Crippen molar-refractivity contribution in [2.75, 3.05) is 19.7 Å². The Bertz CT molecular complexity index is 417. The van der Waals surface area contributed by atoms with Crippen LogP contribution in [0.15, 0.2) is 0 Å². The van der Waals surface area contributed by atoms with Crippen LogP contribution in [0.3, 0.4) is 0 Å². The van der Waals surface area contributed by atoms with Crippen molar-refractivity contribution in [3.05, 3.63) is 0 Å². The van der Waals surface area contributed by atoms with Gasteiger partial charge in [-0.2, -0.15) is 0 Å². The Labute approximate surface area is 125 Å². The number of carboxylic acids is 1. The van der Waals surface area contributed by atoms with E-state index in [1.54, 1.807) is 4.90 Å². The third-order valence-electron chi connectivity index (χ3n) is 4.11. The molecule has 6 heteroatoms. The number of carboxylic acid groups (broad SMARTS) is 1. The molecule has 2 rings (SSSR count). The highest BCUT2D eigenvalue weighted by Crippen LogP contribution is 2.38. The molecule has 0 aliphatic carbocycles. The number of carbonyl (C=O) groups is 2. The number of ether oxygens (including phenoxy) is 2. The zero-order valence-corrected chi connectivity index (χ0v) is 13.1. The van der Waals surface area contributed by atoms with Gasteiger partial charge in [0.05, 0.1) is 18.1 Å². The summed E-state index contributed by atoms with van der Waals surface area (Å²) in [5, 5.41) is 9.10. The van der Waals surface area contributed by atoms with Crippen LogP contribution in [0.5, 0.6) is 0 Å². The first-order chi connectivity index (χ1) is 9.71. The largest absolute Gasteiger partial charge is 0.481 e. The maximum absolute atomic E-state index is 12.1. The lowest BCUT2D eigenvalue weighted by Gasteiger charge is -2.28. The van der Waals surface area contributed by atoms with Gasteiger partial charge in [-0.1, -0.05) is 0 Å². The number of aliphatic carboxylic acids is 1. The molecule has 6 nitrogen and oxygen atoms in total. The molecule has 2 fully saturated rings. The van der Waals surface area contributed by atoms with Gasteiger partial charge in [-0.15, -0.1) is 0 Å². The zero-order valence-electron chi connectivity index (χ0n) is 13.1. The standard InChI is InChI=1S/C15H25NO5/c1-14(2,3)21-13(19)16-7-4-5-15(6-8-16)9-11(10-20-15)12(17)18/h11H,4-10H2,1-3H3,(H,17,18)/t11-,15-/m0/s1. The van der Waals surface area contributed by atoms with Crippen LogP contribution in [0.25, 0.3) is 0 Å². The van der Waals surface area contributed by atoms with Gasteiger partial charge in [-0.05, 0) is 46.5 Å². The van der Waals surface area contributed by atoms with Crippen LogP contribution >= 0.6 is 0 Å². The SMILES string of the molecule is CC(C)(C)OC(=O)N1CCC[C@]2(CC1)C[C@H](C(=O)O)CO2. The summed E-state index contributed by atoms with van der Waals surface area (Å²) in [6.07, 6.45) is 2.54. The molecule has 1 spiro atoms. The van der Waals surface area contributed by atoms with E-state index in [-0.39, 0.29) is 18.3 Å². The highest BCUT2D eigenvalue weighted by molar-refractivity contribution is 5.70. The lowest BCUT2D eigenvalue weighted by molar-refractivity contribution is -0.141. The summed E-state index contributed by atoms with van der Waals surface area (Å²) < 4.78 is 11.2. The summed E-state index contributed by atoms with van der Waals surface area (Å²) in [5.74, 6) is -1.21. The number of likely N-dealkylation sites (tertiary alicyclic amines) is 1. The van der Waals surface area contributed by atoms with Gasteiger partial charge in [-0.3, -0.25) is 4.79 Å². The second-order valence-corrected chi connectivity index (χ2v) is 7.05. The Kier molecular flexibility index (Phi) is 4.46. The molecule has 21 heavy (non-hydrogen) atoms. The van der Waals surface area contributed by atoms with Crippen molar-refractivity contribution in [3.63, 3.8) is 0 Å². The van der Waals surface area contributed by atoms with Crippen LogP contribution in [0.4, 0.5) is 4.79 Å². The zero-order chi connectivity index (χ0) is 15.7. The molecule has 1 N–H and O–H groups in total. The van der Waals surface area contributed by atoms with Gasteiger partial charge in [0, 0.05) is 13.1 Å². The topological polar surface area (TPSA) is 76.1 Å². The van der Waals surface area contributed by atoms with Crippen LogP contribution in [0.2, 0.25) is 0 Å². The second kappa shape index (κ2) is 5.83. The molecule has 2 atom stereocenters. The molecule has 0 aromatic rings. The van der Waals surface area contributed by atoms with Crippen LogP contribution in [-0.2, 0) is 14.3 Å². The predicted octanol–water partition coefficient (Wildman–Crippen LogP) is 2.27. The van der Waals surface area contributed by atoms with Gasteiger partial charge in [0.2, 0.25) is 0 Å². The summed E-state index contributed by atoms with van der Waals surface area (Å²) >= 11 is 0. The van der Waals surface area contributed by atoms with Crippen molar-refractivity contribution in [1.82, 2.24) is 4.90 Å². The first-order valence-electron chi connectivity index (χ1n) is 7.55. The number of carbonyl (C=O) groups excluding carboxylic acids is 1. The summed E-state index contributed by atoms with van der Waals surface area (Å²) in [6, 6.07) is 0. The molecule has 2 heterocycles. The van der Waals surface area contributed by atoms with Crippen molar-refractivity contribution in [2.24, 2.45) is 5.92 Å². The molecule has 2 saturated heterocycles. The Morgan fingerprint density at radius 3 is 2.57 bits per heavy atom. The van der Waals surface area contributed by atoms with E-state index in [4.69, 9.17) is 14.6 Å². The summed E-state index contributed by atoms with van der Waals surface area (Å²) in [5.41, 5.74) is -0.876. The van der Waals surface area contributed by atoms with E-state index in [2.05, 4.69) is 0 Å². The van der Waals surface area contributed by atoms with Gasteiger partial charge in [0.15, 0.2) is 0 Å². The smallest absolute Gasteiger partial charge is 0.410 e. The minimum atomic E-state index is -0.792. The van der Waals surface area contributed by atoms with E-state index in [9.17, 15) is 9.59 Å². The molecular weight excluding hydrogens is 274 g/mol. The van der Waals surface area contributed by atoms with Gasteiger partial charge in [0.1, 0.15) is 5.60 Å². The lowest BCUT2D eigenvalue weighted by Crippen LogP contribution is -2.38. The van der Waals surface area contributed by atoms with Crippen molar-refractivity contribution >= 4 is 12.1 Å². The molecule has 0 unspecified atom stereocenters. The number of nitrogens with zero attached hydrogens (tertiary/aromatic N) is 1. The molecule has 120 valence electrons. The highest BCUT2D eigenvalue weighted by Gasteiger charge is 2.44. The normalized spacial score (nSPS) is 30.2. The van der Waals surface area contributed by atoms with Crippen LogP contribution in [-0.4, -0.2) is 53.0 Å². The fraction of sp³-hybridized carbons (Fsp3) is 0.867. The Hall–Kier alpha value is -1.30. The fourth-order valence-electron chi connectivity index (χ4n) is 3.03. The third-order valence-corrected chi connectivity index (χ3v) is 4.11. The first-order valence-corrected chi connectivity index (χ1v) is 7.55. The van der Waals surface area contributed by atoms with E-state index in [0.29, 0.717) is 25.9 Å². The highest BCUT2D eigenvalue weighted by atomic mass is 16.6. The average Bonchev–Trinajstić information content (AvgIpc) is 2.63. The van der Waals surface area contributed by atoms with E-state index in [1.165, 1.54) is 0 Å². The molecule has 0 bridgehead atoms. The maximum atomic E-state index is 12.1. The summed E-state index contributed by atoms with van der Waals surface area (Å²) in [4.78, 5) is 24.9. The van der Waals surface area contributed by atoms with Gasteiger partial charge in [0.25, 0.3) is 0 Å². The van der Waals surface area contributed by atoms with Crippen LogP contribution in [0.1, 0.15) is 46.5 Å². The minimum absolute atomic E-state index is 0.280. The number of hydrogen-bond acceptors (Lipinski definition) is 4. The minimum Gasteiger partial charge on any atom is -0.481 e. The van der Waals surface area contributed by atoms with E-state index >= 15 is 0 Å². The Morgan fingerprint density at radius 2 is 2.00 bits per heavy atom. The third kappa shape index (κ3) is 4.09. The van der Waals surface area contributed by atoms with Crippen LogP contribution in [0, 0.1) is 5.92 Å². The van der Waals surface area contributed by atoms with Gasteiger partial charge >= 0.3 is 12.1 Å². The van der Waals surface area contributed by atoms with Crippen molar-refractivity contribution in [2.45, 2.75) is 57.7 Å². The second-order valence-electron chi connectivity index (χ2n) is 7.05. The quantitative estimate of drug-likeness (QED) is 0.803. The number of amides is 1.